The maximum atomic E-state index is 4.30. The molecule has 0 aliphatic carbocycles. The van der Waals surface area contributed by atoms with Crippen LogP contribution in [0.15, 0.2) is 71.3 Å². The van der Waals surface area contributed by atoms with Crippen LogP contribution in [0.2, 0.25) is 0 Å². The van der Waals surface area contributed by atoms with Crippen LogP contribution >= 0.6 is 15.9 Å². The third-order valence-electron chi connectivity index (χ3n) is 4.52. The molecule has 0 N–H and O–H groups in total. The summed E-state index contributed by atoms with van der Waals surface area (Å²) in [6.07, 6.45) is 4.06. The SMILES string of the molecule is Cc1cc(CC[C@H](c2ccc(Br)cc2)c2ccccc2C)ccn1. The Hall–Kier alpha value is -1.93. The zero-order valence-electron chi connectivity index (χ0n) is 14.2. The number of hydrogen-bond donors (Lipinski definition) is 0. The number of aryl methyl sites for hydroxylation is 3. The van der Waals surface area contributed by atoms with E-state index in [1.165, 1.54) is 22.3 Å². The van der Waals surface area contributed by atoms with Crippen LogP contribution in [-0.2, 0) is 6.42 Å². The Morgan fingerprint density at radius 1 is 0.958 bits per heavy atom. The minimum absolute atomic E-state index is 0.410. The fourth-order valence-electron chi connectivity index (χ4n) is 3.25. The van der Waals surface area contributed by atoms with Crippen molar-refractivity contribution in [3.63, 3.8) is 0 Å². The molecule has 0 aliphatic heterocycles. The second-order valence-electron chi connectivity index (χ2n) is 6.30. The van der Waals surface area contributed by atoms with Crippen LogP contribution in [0.5, 0.6) is 0 Å². The quantitative estimate of drug-likeness (QED) is 0.512. The largest absolute Gasteiger partial charge is 0.262 e. The molecule has 0 saturated carbocycles. The third kappa shape index (κ3) is 4.12. The Bertz CT molecular complexity index is 808. The predicted molar refractivity (Wildman–Crippen MR) is 104 cm³/mol. The summed E-state index contributed by atoms with van der Waals surface area (Å²) in [5, 5.41) is 0. The monoisotopic (exact) mass is 379 g/mol. The standard InChI is InChI=1S/C22H22BrN/c1-16-5-3-4-6-21(16)22(19-8-10-20(23)11-9-19)12-7-18-13-14-24-17(2)15-18/h3-6,8-11,13-15,22H,7,12H2,1-2H3/t22-/m1/s1. The number of halogens is 1. The highest BCUT2D eigenvalue weighted by atomic mass is 79.9. The van der Waals surface area contributed by atoms with Gasteiger partial charge in [0.2, 0.25) is 0 Å². The van der Waals surface area contributed by atoms with Crippen molar-refractivity contribution in [2.45, 2.75) is 32.6 Å². The molecule has 2 heteroatoms. The zero-order valence-corrected chi connectivity index (χ0v) is 15.8. The molecule has 1 aromatic heterocycles. The van der Waals surface area contributed by atoms with E-state index in [9.17, 15) is 0 Å². The molecule has 0 saturated heterocycles. The van der Waals surface area contributed by atoms with Crippen molar-refractivity contribution in [2.24, 2.45) is 0 Å². The molecule has 0 amide bonds. The Labute approximate surface area is 152 Å². The molecule has 0 radical (unpaired) electrons. The molecular weight excluding hydrogens is 358 g/mol. The highest BCUT2D eigenvalue weighted by Gasteiger charge is 2.16. The molecule has 122 valence electrons. The molecule has 24 heavy (non-hydrogen) atoms. The van der Waals surface area contributed by atoms with Gasteiger partial charge in [0.05, 0.1) is 0 Å². The summed E-state index contributed by atoms with van der Waals surface area (Å²) >= 11 is 3.54. The number of pyridine rings is 1. The lowest BCUT2D eigenvalue weighted by Crippen LogP contribution is -2.05. The summed E-state index contributed by atoms with van der Waals surface area (Å²) in [6.45, 7) is 4.26. The summed E-state index contributed by atoms with van der Waals surface area (Å²) < 4.78 is 1.12. The summed E-state index contributed by atoms with van der Waals surface area (Å²) in [5.74, 6) is 0.410. The molecule has 1 heterocycles. The van der Waals surface area contributed by atoms with E-state index in [2.05, 4.69) is 95.4 Å². The Morgan fingerprint density at radius 3 is 2.42 bits per heavy atom. The third-order valence-corrected chi connectivity index (χ3v) is 5.05. The Balaban J connectivity index is 1.90. The van der Waals surface area contributed by atoms with Gasteiger partial charge >= 0.3 is 0 Å². The highest BCUT2D eigenvalue weighted by Crippen LogP contribution is 2.32. The van der Waals surface area contributed by atoms with E-state index in [0.717, 1.165) is 23.0 Å². The van der Waals surface area contributed by atoms with E-state index in [0.29, 0.717) is 5.92 Å². The van der Waals surface area contributed by atoms with Crippen molar-refractivity contribution in [3.05, 3.63) is 99.3 Å². The first-order chi connectivity index (χ1) is 11.6. The van der Waals surface area contributed by atoms with Gasteiger partial charge in [-0.15, -0.1) is 0 Å². The van der Waals surface area contributed by atoms with Gasteiger partial charge in [-0.1, -0.05) is 52.3 Å². The Kier molecular flexibility index (Phi) is 5.47. The van der Waals surface area contributed by atoms with Crippen LogP contribution in [0, 0.1) is 13.8 Å². The van der Waals surface area contributed by atoms with E-state index in [1.807, 2.05) is 6.20 Å². The molecule has 0 unspecified atom stereocenters. The summed E-state index contributed by atoms with van der Waals surface area (Å²) in [7, 11) is 0. The second kappa shape index (κ2) is 7.76. The second-order valence-corrected chi connectivity index (χ2v) is 7.22. The van der Waals surface area contributed by atoms with Gasteiger partial charge in [-0.2, -0.15) is 0 Å². The molecule has 2 aromatic carbocycles. The normalized spacial score (nSPS) is 12.1. The average molecular weight is 380 g/mol. The maximum Gasteiger partial charge on any atom is 0.0375 e. The van der Waals surface area contributed by atoms with E-state index in [1.54, 1.807) is 0 Å². The highest BCUT2D eigenvalue weighted by molar-refractivity contribution is 9.10. The van der Waals surface area contributed by atoms with Crippen LogP contribution in [0.1, 0.15) is 40.3 Å². The molecule has 1 nitrogen and oxygen atoms in total. The zero-order chi connectivity index (χ0) is 16.9. The predicted octanol–water partition coefficient (Wildman–Crippen LogP) is 6.23. The van der Waals surface area contributed by atoms with Crippen LogP contribution in [0.4, 0.5) is 0 Å². The van der Waals surface area contributed by atoms with Gasteiger partial charge in [0.1, 0.15) is 0 Å². The first-order valence-corrected chi connectivity index (χ1v) is 9.15. The smallest absolute Gasteiger partial charge is 0.0375 e. The van der Waals surface area contributed by atoms with Crippen molar-refractivity contribution in [1.29, 1.82) is 0 Å². The van der Waals surface area contributed by atoms with Crippen molar-refractivity contribution < 1.29 is 0 Å². The van der Waals surface area contributed by atoms with Gasteiger partial charge < -0.3 is 0 Å². The number of hydrogen-bond acceptors (Lipinski definition) is 1. The van der Waals surface area contributed by atoms with Crippen LogP contribution in [0.3, 0.4) is 0 Å². The fraction of sp³-hybridized carbons (Fsp3) is 0.227. The molecular formula is C22H22BrN. The molecule has 0 aliphatic rings. The van der Waals surface area contributed by atoms with Crippen molar-refractivity contribution in [3.8, 4) is 0 Å². The maximum absolute atomic E-state index is 4.30. The lowest BCUT2D eigenvalue weighted by molar-refractivity contribution is 0.710. The number of aromatic nitrogens is 1. The molecule has 0 fully saturated rings. The van der Waals surface area contributed by atoms with Crippen molar-refractivity contribution in [1.82, 2.24) is 4.98 Å². The number of nitrogens with zero attached hydrogens (tertiary/aromatic N) is 1. The minimum Gasteiger partial charge on any atom is -0.262 e. The van der Waals surface area contributed by atoms with Crippen LogP contribution in [0.25, 0.3) is 0 Å². The lowest BCUT2D eigenvalue weighted by atomic mass is 9.84. The van der Waals surface area contributed by atoms with Gasteiger partial charge in [-0.3, -0.25) is 4.98 Å². The minimum atomic E-state index is 0.410. The molecule has 3 rings (SSSR count). The van der Waals surface area contributed by atoms with E-state index in [-0.39, 0.29) is 0 Å². The van der Waals surface area contributed by atoms with E-state index in [4.69, 9.17) is 0 Å². The number of rotatable bonds is 5. The van der Waals surface area contributed by atoms with E-state index >= 15 is 0 Å². The van der Waals surface area contributed by atoms with Crippen molar-refractivity contribution >= 4 is 15.9 Å². The summed E-state index contributed by atoms with van der Waals surface area (Å²) in [6, 6.07) is 21.8. The fourth-order valence-corrected chi connectivity index (χ4v) is 3.51. The van der Waals surface area contributed by atoms with E-state index < -0.39 is 0 Å². The van der Waals surface area contributed by atoms with Gasteiger partial charge in [0, 0.05) is 22.3 Å². The average Bonchev–Trinajstić information content (AvgIpc) is 2.58. The van der Waals surface area contributed by atoms with Gasteiger partial charge in [-0.25, -0.2) is 0 Å². The number of benzene rings is 2. The summed E-state index contributed by atoms with van der Waals surface area (Å²) in [4.78, 5) is 4.30. The Morgan fingerprint density at radius 2 is 1.71 bits per heavy atom. The van der Waals surface area contributed by atoms with Crippen molar-refractivity contribution in [2.75, 3.05) is 0 Å². The van der Waals surface area contributed by atoms with Crippen LogP contribution < -0.4 is 0 Å². The van der Waals surface area contributed by atoms with Gasteiger partial charge in [0.25, 0.3) is 0 Å². The first kappa shape index (κ1) is 16.9. The van der Waals surface area contributed by atoms with Gasteiger partial charge in [0.15, 0.2) is 0 Å². The molecule has 0 bridgehead atoms. The molecule has 0 spiro atoms. The summed E-state index contributed by atoms with van der Waals surface area (Å²) in [5.41, 5.74) is 6.60. The molecule has 3 aromatic rings. The van der Waals surface area contributed by atoms with Gasteiger partial charge in [-0.05, 0) is 73.2 Å². The van der Waals surface area contributed by atoms with Crippen LogP contribution in [-0.4, -0.2) is 4.98 Å². The lowest BCUT2D eigenvalue weighted by Gasteiger charge is -2.20. The molecule has 1 atom stereocenters. The topological polar surface area (TPSA) is 12.9 Å². The first-order valence-electron chi connectivity index (χ1n) is 8.36.